The van der Waals surface area contributed by atoms with E-state index >= 15 is 0 Å². The third-order valence-electron chi connectivity index (χ3n) is 3.57. The van der Waals surface area contributed by atoms with E-state index in [1.807, 2.05) is 6.07 Å². The Balaban J connectivity index is 2.09. The van der Waals surface area contributed by atoms with Crippen LogP contribution < -0.4 is 4.90 Å². The van der Waals surface area contributed by atoms with Gasteiger partial charge in [-0.05, 0) is 37.1 Å². The molecule has 104 valence electrons. The summed E-state index contributed by atoms with van der Waals surface area (Å²) in [6.07, 6.45) is 1.48. The number of halogens is 2. The molecule has 1 aliphatic heterocycles. The molecule has 2 aromatic rings. The standard InChI is InChI=1S/C14H12Cl2N2O2/c15-9-4-5-10(16)13-8(9)3-6-12(17-13)18-7-1-2-11(18)14(19)20/h3-6,11H,1-2,7H2,(H,19,20)/t11-/m0/s1. The number of benzene rings is 1. The number of aliphatic carboxylic acids is 1. The van der Waals surface area contributed by atoms with Crippen molar-refractivity contribution in [2.24, 2.45) is 0 Å². The van der Waals surface area contributed by atoms with Gasteiger partial charge in [-0.2, -0.15) is 0 Å². The van der Waals surface area contributed by atoms with Crippen molar-refractivity contribution in [2.45, 2.75) is 18.9 Å². The summed E-state index contributed by atoms with van der Waals surface area (Å²) in [6, 6.07) is 6.54. The van der Waals surface area contributed by atoms with E-state index in [1.165, 1.54) is 0 Å². The molecule has 0 amide bonds. The fourth-order valence-electron chi connectivity index (χ4n) is 2.60. The minimum absolute atomic E-state index is 0.511. The summed E-state index contributed by atoms with van der Waals surface area (Å²) in [5.41, 5.74) is 0.604. The van der Waals surface area contributed by atoms with E-state index in [4.69, 9.17) is 23.2 Å². The molecule has 0 unspecified atom stereocenters. The lowest BCUT2D eigenvalue weighted by Crippen LogP contribution is -2.36. The van der Waals surface area contributed by atoms with E-state index in [9.17, 15) is 9.90 Å². The van der Waals surface area contributed by atoms with E-state index in [2.05, 4.69) is 4.98 Å². The van der Waals surface area contributed by atoms with Crippen molar-refractivity contribution in [1.29, 1.82) is 0 Å². The minimum atomic E-state index is -0.818. The third-order valence-corrected chi connectivity index (χ3v) is 4.21. The van der Waals surface area contributed by atoms with Crippen LogP contribution in [-0.2, 0) is 4.79 Å². The van der Waals surface area contributed by atoms with Gasteiger partial charge in [0.1, 0.15) is 11.9 Å². The number of anilines is 1. The zero-order valence-corrected chi connectivity index (χ0v) is 12.0. The number of carboxylic acids is 1. The Kier molecular flexibility index (Phi) is 3.44. The molecule has 0 spiro atoms. The number of carboxylic acid groups (broad SMARTS) is 1. The number of hydrogen-bond acceptors (Lipinski definition) is 3. The van der Waals surface area contributed by atoms with Gasteiger partial charge in [-0.1, -0.05) is 23.2 Å². The van der Waals surface area contributed by atoms with Crippen LogP contribution in [0.15, 0.2) is 24.3 Å². The maximum absolute atomic E-state index is 11.3. The molecular weight excluding hydrogens is 299 g/mol. The monoisotopic (exact) mass is 310 g/mol. The summed E-state index contributed by atoms with van der Waals surface area (Å²) in [6.45, 7) is 0.688. The number of fused-ring (bicyclic) bond motifs is 1. The van der Waals surface area contributed by atoms with Gasteiger partial charge in [0.25, 0.3) is 0 Å². The fourth-order valence-corrected chi connectivity index (χ4v) is 3.02. The van der Waals surface area contributed by atoms with Gasteiger partial charge in [-0.25, -0.2) is 9.78 Å². The quantitative estimate of drug-likeness (QED) is 0.921. The first-order valence-electron chi connectivity index (χ1n) is 6.32. The number of aromatic nitrogens is 1. The van der Waals surface area contributed by atoms with E-state index in [1.54, 1.807) is 23.1 Å². The molecule has 1 fully saturated rings. The molecule has 1 atom stereocenters. The highest BCUT2D eigenvalue weighted by atomic mass is 35.5. The molecule has 1 aromatic heterocycles. The first-order chi connectivity index (χ1) is 9.58. The summed E-state index contributed by atoms with van der Waals surface area (Å²) in [7, 11) is 0. The second-order valence-corrected chi connectivity index (χ2v) is 5.60. The van der Waals surface area contributed by atoms with E-state index in [0.29, 0.717) is 34.3 Å². The molecule has 0 bridgehead atoms. The smallest absolute Gasteiger partial charge is 0.326 e. The number of nitrogens with zero attached hydrogens (tertiary/aromatic N) is 2. The Bertz CT molecular complexity index is 690. The van der Waals surface area contributed by atoms with Crippen LogP contribution in [0, 0.1) is 0 Å². The zero-order chi connectivity index (χ0) is 14.3. The largest absolute Gasteiger partial charge is 0.480 e. The molecule has 2 heterocycles. The van der Waals surface area contributed by atoms with Crippen LogP contribution in [0.5, 0.6) is 0 Å². The molecule has 0 radical (unpaired) electrons. The van der Waals surface area contributed by atoms with E-state index in [-0.39, 0.29) is 0 Å². The van der Waals surface area contributed by atoms with Gasteiger partial charge in [0.2, 0.25) is 0 Å². The van der Waals surface area contributed by atoms with Crippen LogP contribution in [0.2, 0.25) is 10.0 Å². The SMILES string of the molecule is O=C(O)[C@@H]1CCCN1c1ccc2c(Cl)ccc(Cl)c2n1. The van der Waals surface area contributed by atoms with Gasteiger partial charge < -0.3 is 10.0 Å². The molecule has 6 heteroatoms. The van der Waals surface area contributed by atoms with Gasteiger partial charge in [0, 0.05) is 11.9 Å². The predicted molar refractivity (Wildman–Crippen MR) is 79.8 cm³/mol. The first kappa shape index (κ1) is 13.5. The van der Waals surface area contributed by atoms with Gasteiger partial charge in [-0.15, -0.1) is 0 Å². The molecule has 0 saturated carbocycles. The summed E-state index contributed by atoms with van der Waals surface area (Å²) in [5.74, 6) is -0.187. The van der Waals surface area contributed by atoms with Gasteiger partial charge >= 0.3 is 5.97 Å². The average molecular weight is 311 g/mol. The van der Waals surface area contributed by atoms with Crippen LogP contribution in [0.4, 0.5) is 5.82 Å². The topological polar surface area (TPSA) is 53.4 Å². The molecular formula is C14H12Cl2N2O2. The van der Waals surface area contributed by atoms with Crippen molar-refractivity contribution >= 4 is 45.9 Å². The van der Waals surface area contributed by atoms with Gasteiger partial charge in [-0.3, -0.25) is 0 Å². The van der Waals surface area contributed by atoms with Crippen molar-refractivity contribution in [2.75, 3.05) is 11.4 Å². The van der Waals surface area contributed by atoms with E-state index in [0.717, 1.165) is 11.8 Å². The van der Waals surface area contributed by atoms with Crippen molar-refractivity contribution < 1.29 is 9.90 Å². The Labute approximate surface area is 125 Å². The average Bonchev–Trinajstić information content (AvgIpc) is 2.92. The van der Waals surface area contributed by atoms with Crippen LogP contribution in [0.1, 0.15) is 12.8 Å². The Morgan fingerprint density at radius 1 is 1.25 bits per heavy atom. The van der Waals surface area contributed by atoms with Gasteiger partial charge in [0.05, 0.1) is 15.6 Å². The fraction of sp³-hybridized carbons (Fsp3) is 0.286. The molecule has 1 saturated heterocycles. The number of rotatable bonds is 2. The predicted octanol–water partition coefficient (Wildman–Crippen LogP) is 3.60. The summed E-state index contributed by atoms with van der Waals surface area (Å²) >= 11 is 12.3. The third kappa shape index (κ3) is 2.19. The maximum atomic E-state index is 11.3. The molecule has 1 aromatic carbocycles. The normalized spacial score (nSPS) is 18.7. The molecule has 3 rings (SSSR count). The van der Waals surface area contributed by atoms with Crippen LogP contribution >= 0.6 is 23.2 Å². The Morgan fingerprint density at radius 3 is 2.75 bits per heavy atom. The summed E-state index contributed by atoms with van der Waals surface area (Å²) < 4.78 is 0. The molecule has 4 nitrogen and oxygen atoms in total. The Hall–Kier alpha value is -1.52. The molecule has 0 aliphatic carbocycles. The highest BCUT2D eigenvalue weighted by Gasteiger charge is 2.31. The summed E-state index contributed by atoms with van der Waals surface area (Å²) in [4.78, 5) is 17.6. The lowest BCUT2D eigenvalue weighted by atomic mass is 10.2. The zero-order valence-electron chi connectivity index (χ0n) is 10.5. The second kappa shape index (κ2) is 5.11. The van der Waals surface area contributed by atoms with Crippen LogP contribution in [0.3, 0.4) is 0 Å². The highest BCUT2D eigenvalue weighted by Crippen LogP contribution is 2.32. The van der Waals surface area contributed by atoms with Crippen LogP contribution in [0.25, 0.3) is 10.9 Å². The van der Waals surface area contributed by atoms with Crippen molar-refractivity contribution in [3.8, 4) is 0 Å². The van der Waals surface area contributed by atoms with Crippen molar-refractivity contribution in [1.82, 2.24) is 4.98 Å². The Morgan fingerprint density at radius 2 is 2.00 bits per heavy atom. The van der Waals surface area contributed by atoms with Crippen molar-refractivity contribution in [3.05, 3.63) is 34.3 Å². The van der Waals surface area contributed by atoms with Gasteiger partial charge in [0.15, 0.2) is 0 Å². The lowest BCUT2D eigenvalue weighted by molar-refractivity contribution is -0.138. The highest BCUT2D eigenvalue weighted by molar-refractivity contribution is 6.39. The lowest BCUT2D eigenvalue weighted by Gasteiger charge is -2.22. The number of hydrogen-bond donors (Lipinski definition) is 1. The maximum Gasteiger partial charge on any atom is 0.326 e. The molecule has 1 aliphatic rings. The second-order valence-electron chi connectivity index (χ2n) is 4.78. The first-order valence-corrected chi connectivity index (χ1v) is 7.08. The van der Waals surface area contributed by atoms with E-state index < -0.39 is 12.0 Å². The minimum Gasteiger partial charge on any atom is -0.480 e. The van der Waals surface area contributed by atoms with Crippen molar-refractivity contribution in [3.63, 3.8) is 0 Å². The molecule has 20 heavy (non-hydrogen) atoms. The summed E-state index contributed by atoms with van der Waals surface area (Å²) in [5, 5.41) is 11.1. The van der Waals surface area contributed by atoms with Crippen LogP contribution in [-0.4, -0.2) is 28.6 Å². The molecule has 1 N–H and O–H groups in total. The number of pyridine rings is 1. The number of carbonyl (C=O) groups is 1.